The van der Waals surface area contributed by atoms with Crippen molar-refractivity contribution >= 4 is 34.8 Å². The molecule has 2 N–H and O–H groups in total. The van der Waals surface area contributed by atoms with Gasteiger partial charge in [0.1, 0.15) is 5.66 Å². The summed E-state index contributed by atoms with van der Waals surface area (Å²) in [6, 6.07) is 11.0. The van der Waals surface area contributed by atoms with Gasteiger partial charge < -0.3 is 15.5 Å². The molecular formula is C19H17ClN4O4. The van der Waals surface area contributed by atoms with Crippen molar-refractivity contribution in [3.8, 4) is 0 Å². The first-order valence-electron chi connectivity index (χ1n) is 8.81. The van der Waals surface area contributed by atoms with Gasteiger partial charge >= 0.3 is 0 Å². The first-order valence-corrected chi connectivity index (χ1v) is 9.19. The molecular weight excluding hydrogens is 384 g/mol. The molecule has 0 saturated carbocycles. The minimum Gasteiger partial charge on any atom is -0.362 e. The molecule has 0 atom stereocenters. The van der Waals surface area contributed by atoms with Crippen molar-refractivity contribution in [1.82, 2.24) is 10.2 Å². The first kappa shape index (κ1) is 18.2. The second-order valence-corrected chi connectivity index (χ2v) is 7.33. The largest absolute Gasteiger partial charge is 0.362 e. The van der Waals surface area contributed by atoms with Crippen molar-refractivity contribution < 1.29 is 14.5 Å². The number of carbonyl (C=O) groups is 2. The zero-order valence-corrected chi connectivity index (χ0v) is 15.5. The standard InChI is InChI=1S/C19H17ClN4O4/c20-14-5-2-6-15-16(14)17(25)22-19(21-15)7-9-23(10-8-19)18(26)12-3-1-4-13(11-12)24(27)28/h1-6,11,21H,7-10H2,(H,22,25). The molecule has 0 radical (unpaired) electrons. The van der Waals surface area contributed by atoms with Crippen LogP contribution in [-0.4, -0.2) is 40.4 Å². The van der Waals surface area contributed by atoms with E-state index in [-0.39, 0.29) is 23.1 Å². The maximum absolute atomic E-state index is 12.7. The molecule has 144 valence electrons. The number of nitrogens with zero attached hydrogens (tertiary/aromatic N) is 2. The Morgan fingerprint density at radius 3 is 2.57 bits per heavy atom. The van der Waals surface area contributed by atoms with Crippen molar-refractivity contribution in [2.24, 2.45) is 0 Å². The Hall–Kier alpha value is -3.13. The van der Waals surface area contributed by atoms with Crippen molar-refractivity contribution in [1.29, 1.82) is 0 Å². The number of amides is 2. The molecule has 0 aromatic heterocycles. The zero-order valence-electron chi connectivity index (χ0n) is 14.8. The first-order chi connectivity index (χ1) is 13.4. The van der Waals surface area contributed by atoms with Crippen molar-refractivity contribution in [2.75, 3.05) is 18.4 Å². The number of nitro benzene ring substituents is 1. The van der Waals surface area contributed by atoms with Gasteiger partial charge in [-0.05, 0) is 18.2 Å². The van der Waals surface area contributed by atoms with Crippen LogP contribution >= 0.6 is 11.6 Å². The fraction of sp³-hybridized carbons (Fsp3) is 0.263. The molecule has 1 saturated heterocycles. The van der Waals surface area contributed by atoms with E-state index < -0.39 is 10.6 Å². The maximum Gasteiger partial charge on any atom is 0.270 e. The fourth-order valence-electron chi connectivity index (χ4n) is 3.70. The van der Waals surface area contributed by atoms with E-state index in [4.69, 9.17) is 11.6 Å². The average Bonchev–Trinajstić information content (AvgIpc) is 2.68. The lowest BCUT2D eigenvalue weighted by Gasteiger charge is -2.46. The number of anilines is 1. The Morgan fingerprint density at radius 1 is 1.14 bits per heavy atom. The van der Waals surface area contributed by atoms with Gasteiger partial charge in [0.15, 0.2) is 0 Å². The van der Waals surface area contributed by atoms with Crippen molar-refractivity contribution in [2.45, 2.75) is 18.5 Å². The van der Waals surface area contributed by atoms with E-state index in [1.165, 1.54) is 18.2 Å². The van der Waals surface area contributed by atoms with Gasteiger partial charge in [0.25, 0.3) is 17.5 Å². The average molecular weight is 401 g/mol. The topological polar surface area (TPSA) is 105 Å². The molecule has 28 heavy (non-hydrogen) atoms. The number of likely N-dealkylation sites (tertiary alicyclic amines) is 1. The molecule has 9 heteroatoms. The Labute approximate surface area is 165 Å². The van der Waals surface area contributed by atoms with Gasteiger partial charge in [0.05, 0.1) is 21.2 Å². The second-order valence-electron chi connectivity index (χ2n) is 6.92. The predicted octanol–water partition coefficient (Wildman–Crippen LogP) is 3.04. The summed E-state index contributed by atoms with van der Waals surface area (Å²) in [5, 5.41) is 17.7. The number of fused-ring (bicyclic) bond motifs is 1. The lowest BCUT2D eigenvalue weighted by Crippen LogP contribution is -2.62. The molecule has 2 aromatic carbocycles. The molecule has 0 unspecified atom stereocenters. The highest BCUT2D eigenvalue weighted by atomic mass is 35.5. The number of nitro groups is 1. The summed E-state index contributed by atoms with van der Waals surface area (Å²) in [6.45, 7) is 0.815. The summed E-state index contributed by atoms with van der Waals surface area (Å²) in [5.74, 6) is -0.498. The molecule has 0 bridgehead atoms. The summed E-state index contributed by atoms with van der Waals surface area (Å²) in [6.07, 6.45) is 1.01. The smallest absolute Gasteiger partial charge is 0.270 e. The lowest BCUT2D eigenvalue weighted by molar-refractivity contribution is -0.384. The minimum atomic E-state index is -0.645. The van der Waals surface area contributed by atoms with Crippen LogP contribution in [0.25, 0.3) is 0 Å². The van der Waals surface area contributed by atoms with E-state index >= 15 is 0 Å². The highest BCUT2D eigenvalue weighted by molar-refractivity contribution is 6.34. The molecule has 2 aliphatic rings. The summed E-state index contributed by atoms with van der Waals surface area (Å²) in [7, 11) is 0. The van der Waals surface area contributed by atoms with Crippen LogP contribution in [-0.2, 0) is 0 Å². The number of non-ortho nitro benzene ring substituents is 1. The summed E-state index contributed by atoms with van der Waals surface area (Å²) in [5.41, 5.74) is 0.616. The third-order valence-electron chi connectivity index (χ3n) is 5.18. The zero-order chi connectivity index (χ0) is 19.9. The predicted molar refractivity (Wildman–Crippen MR) is 104 cm³/mol. The quantitative estimate of drug-likeness (QED) is 0.595. The fourth-order valence-corrected chi connectivity index (χ4v) is 3.96. The van der Waals surface area contributed by atoms with Crippen LogP contribution in [0.15, 0.2) is 42.5 Å². The number of halogens is 1. The molecule has 4 rings (SSSR count). The van der Waals surface area contributed by atoms with Crippen LogP contribution in [0.4, 0.5) is 11.4 Å². The van der Waals surface area contributed by atoms with E-state index in [2.05, 4.69) is 10.6 Å². The van der Waals surface area contributed by atoms with Crippen LogP contribution in [0.2, 0.25) is 5.02 Å². The molecule has 2 aliphatic heterocycles. The van der Waals surface area contributed by atoms with Gasteiger partial charge in [-0.2, -0.15) is 0 Å². The van der Waals surface area contributed by atoms with Crippen molar-refractivity contribution in [3.05, 3.63) is 68.7 Å². The Bertz CT molecular complexity index is 986. The van der Waals surface area contributed by atoms with Gasteiger partial charge in [-0.15, -0.1) is 0 Å². The van der Waals surface area contributed by atoms with Gasteiger partial charge in [0.2, 0.25) is 0 Å². The van der Waals surface area contributed by atoms with E-state index in [1.54, 1.807) is 23.1 Å². The summed E-state index contributed by atoms with van der Waals surface area (Å²) >= 11 is 6.13. The molecule has 2 aromatic rings. The number of hydrogen-bond donors (Lipinski definition) is 2. The Morgan fingerprint density at radius 2 is 1.86 bits per heavy atom. The number of hydrogen-bond acceptors (Lipinski definition) is 5. The van der Waals surface area contributed by atoms with Crippen LogP contribution in [0.3, 0.4) is 0 Å². The lowest BCUT2D eigenvalue weighted by atomic mass is 9.92. The second kappa shape index (κ2) is 6.79. The van der Waals surface area contributed by atoms with Gasteiger partial charge in [-0.3, -0.25) is 19.7 Å². The van der Waals surface area contributed by atoms with E-state index in [0.717, 1.165) is 0 Å². The van der Waals surface area contributed by atoms with E-state index in [9.17, 15) is 19.7 Å². The third kappa shape index (κ3) is 3.16. The molecule has 0 aliphatic carbocycles. The Balaban J connectivity index is 1.49. The molecule has 2 heterocycles. The summed E-state index contributed by atoms with van der Waals surface area (Å²) in [4.78, 5) is 37.3. The normalized spacial score (nSPS) is 17.5. The van der Waals surface area contributed by atoms with E-state index in [1.807, 2.05) is 6.07 Å². The maximum atomic E-state index is 12.7. The Kier molecular flexibility index (Phi) is 4.43. The molecule has 1 fully saturated rings. The van der Waals surface area contributed by atoms with Crippen LogP contribution < -0.4 is 10.6 Å². The SMILES string of the molecule is O=C1NC2(CCN(C(=O)c3cccc([N+](=O)[O-])c3)CC2)Nc2cccc(Cl)c21. The van der Waals surface area contributed by atoms with Gasteiger partial charge in [-0.1, -0.05) is 23.7 Å². The minimum absolute atomic E-state index is 0.117. The molecule has 8 nitrogen and oxygen atoms in total. The van der Waals surface area contributed by atoms with Gasteiger partial charge in [-0.25, -0.2) is 0 Å². The van der Waals surface area contributed by atoms with Crippen LogP contribution in [0.5, 0.6) is 0 Å². The van der Waals surface area contributed by atoms with Gasteiger partial charge in [0, 0.05) is 43.6 Å². The number of benzene rings is 2. The monoisotopic (exact) mass is 400 g/mol. The third-order valence-corrected chi connectivity index (χ3v) is 5.49. The van der Waals surface area contributed by atoms with Crippen LogP contribution in [0, 0.1) is 10.1 Å². The number of rotatable bonds is 2. The number of piperidine rings is 1. The van der Waals surface area contributed by atoms with Crippen molar-refractivity contribution in [3.63, 3.8) is 0 Å². The summed E-state index contributed by atoms with van der Waals surface area (Å²) < 4.78 is 0. The molecule has 1 spiro atoms. The number of carbonyl (C=O) groups excluding carboxylic acids is 2. The molecule has 2 amide bonds. The van der Waals surface area contributed by atoms with E-state index in [0.29, 0.717) is 42.2 Å². The van der Waals surface area contributed by atoms with Crippen LogP contribution in [0.1, 0.15) is 33.6 Å². The highest BCUT2D eigenvalue weighted by Gasteiger charge is 2.41. The number of nitrogens with one attached hydrogen (secondary N) is 2. The highest BCUT2D eigenvalue weighted by Crippen LogP contribution is 2.34.